The minimum absolute atomic E-state index is 0.467. The highest BCUT2D eigenvalue weighted by Crippen LogP contribution is 2.33. The third kappa shape index (κ3) is 5.87. The Kier molecular flexibility index (Phi) is 8.09. The molecule has 108 valence electrons. The van der Waals surface area contributed by atoms with Crippen molar-refractivity contribution < 1.29 is 0 Å². The Bertz CT molecular complexity index is 387. The highest BCUT2D eigenvalue weighted by molar-refractivity contribution is 9.09. The third-order valence-electron chi connectivity index (χ3n) is 3.70. The van der Waals surface area contributed by atoms with Gasteiger partial charge >= 0.3 is 0 Å². The second kappa shape index (κ2) is 9.02. The van der Waals surface area contributed by atoms with Gasteiger partial charge in [0.05, 0.1) is 0 Å². The van der Waals surface area contributed by atoms with Crippen LogP contribution >= 0.6 is 27.5 Å². The molecule has 0 saturated carbocycles. The van der Waals surface area contributed by atoms with Gasteiger partial charge in [0.25, 0.3) is 0 Å². The van der Waals surface area contributed by atoms with Crippen molar-refractivity contribution in [2.24, 2.45) is 0 Å². The first-order valence-electron chi connectivity index (χ1n) is 7.47. The molecule has 1 unspecified atom stereocenters. The summed E-state index contributed by atoms with van der Waals surface area (Å²) in [5.41, 5.74) is 3.87. The predicted molar refractivity (Wildman–Crippen MR) is 90.6 cm³/mol. The first-order chi connectivity index (χ1) is 9.06. The summed E-state index contributed by atoms with van der Waals surface area (Å²) in [4.78, 5) is 0.467. The van der Waals surface area contributed by atoms with E-state index in [4.69, 9.17) is 11.6 Å². The molecule has 0 radical (unpaired) electrons. The summed E-state index contributed by atoms with van der Waals surface area (Å²) in [5, 5.41) is 0.875. The molecule has 0 fully saturated rings. The van der Waals surface area contributed by atoms with Crippen LogP contribution in [0.4, 0.5) is 0 Å². The van der Waals surface area contributed by atoms with Gasteiger partial charge in [0.1, 0.15) is 0 Å². The van der Waals surface area contributed by atoms with Crippen LogP contribution in [0.1, 0.15) is 73.4 Å². The Hall–Kier alpha value is -0.0100. The van der Waals surface area contributed by atoms with E-state index >= 15 is 0 Å². The maximum atomic E-state index is 6.15. The molecule has 1 rings (SSSR count). The Labute approximate surface area is 132 Å². The van der Waals surface area contributed by atoms with Gasteiger partial charge in [-0.1, -0.05) is 79.0 Å². The van der Waals surface area contributed by atoms with Crippen LogP contribution in [0.5, 0.6) is 0 Å². The number of benzene rings is 1. The summed E-state index contributed by atoms with van der Waals surface area (Å²) in [6.07, 6.45) is 9.36. The molecule has 1 aromatic carbocycles. The van der Waals surface area contributed by atoms with Crippen molar-refractivity contribution in [2.45, 2.75) is 70.5 Å². The molecule has 1 atom stereocenters. The second-order valence-corrected chi connectivity index (χ2v) is 6.99. The van der Waals surface area contributed by atoms with E-state index in [0.717, 1.165) is 5.02 Å². The summed E-state index contributed by atoms with van der Waals surface area (Å²) in [5.74, 6) is 0. The van der Waals surface area contributed by atoms with E-state index in [1.807, 2.05) is 0 Å². The maximum absolute atomic E-state index is 6.15. The molecule has 0 spiro atoms. The van der Waals surface area contributed by atoms with Crippen molar-refractivity contribution >= 4 is 27.5 Å². The fourth-order valence-corrected chi connectivity index (χ4v) is 3.44. The number of hydrogen-bond acceptors (Lipinski definition) is 0. The van der Waals surface area contributed by atoms with Gasteiger partial charge in [0.15, 0.2) is 0 Å². The highest BCUT2D eigenvalue weighted by atomic mass is 79.9. The topological polar surface area (TPSA) is 0 Å². The summed E-state index contributed by atoms with van der Waals surface area (Å²) in [6, 6.07) is 4.32. The van der Waals surface area contributed by atoms with Crippen LogP contribution in [-0.2, 0) is 0 Å². The van der Waals surface area contributed by atoms with E-state index in [9.17, 15) is 0 Å². The average molecular weight is 346 g/mol. The molecular weight excluding hydrogens is 320 g/mol. The van der Waals surface area contributed by atoms with Crippen LogP contribution in [0.15, 0.2) is 12.1 Å². The number of halogens is 2. The van der Waals surface area contributed by atoms with Gasteiger partial charge in [-0.25, -0.2) is 0 Å². The minimum atomic E-state index is 0.467. The smallest absolute Gasteiger partial charge is 0.0438 e. The molecule has 0 saturated heterocycles. The van der Waals surface area contributed by atoms with Crippen LogP contribution in [0, 0.1) is 13.8 Å². The molecule has 0 aromatic heterocycles. The van der Waals surface area contributed by atoms with Gasteiger partial charge in [-0.15, -0.1) is 0 Å². The molecule has 0 aliphatic rings. The number of hydrogen-bond donors (Lipinski definition) is 0. The molecule has 0 nitrogen and oxygen atoms in total. The van der Waals surface area contributed by atoms with Crippen LogP contribution in [-0.4, -0.2) is 0 Å². The molecular formula is C17H26BrCl. The number of alkyl halides is 1. The zero-order valence-electron chi connectivity index (χ0n) is 12.4. The van der Waals surface area contributed by atoms with Gasteiger partial charge in [-0.05, 0) is 43.0 Å². The Morgan fingerprint density at radius 2 is 1.63 bits per heavy atom. The van der Waals surface area contributed by atoms with E-state index in [2.05, 4.69) is 48.8 Å². The first kappa shape index (κ1) is 17.0. The fourth-order valence-electron chi connectivity index (χ4n) is 2.40. The quantitative estimate of drug-likeness (QED) is 0.347. The molecule has 0 bridgehead atoms. The van der Waals surface area contributed by atoms with Crippen molar-refractivity contribution in [2.75, 3.05) is 0 Å². The van der Waals surface area contributed by atoms with E-state index in [-0.39, 0.29) is 0 Å². The predicted octanol–water partition coefficient (Wildman–Crippen LogP) is 7.14. The van der Waals surface area contributed by atoms with Crippen LogP contribution < -0.4 is 0 Å². The van der Waals surface area contributed by atoms with E-state index in [1.165, 1.54) is 61.6 Å². The van der Waals surface area contributed by atoms with Crippen molar-refractivity contribution in [3.05, 3.63) is 33.8 Å². The SMILES string of the molecule is CCCCCCCCC(Br)c1cc(C)c(Cl)cc1C. The minimum Gasteiger partial charge on any atom is -0.0840 e. The standard InChI is InChI=1S/C17H26BrCl/c1-4-5-6-7-8-9-10-16(18)15-11-14(3)17(19)12-13(15)2/h11-12,16H,4-10H2,1-3H3. The summed E-state index contributed by atoms with van der Waals surface area (Å²) in [6.45, 7) is 6.49. The Balaban J connectivity index is 2.41. The second-order valence-electron chi connectivity index (χ2n) is 5.48. The lowest BCUT2D eigenvalue weighted by molar-refractivity contribution is 0.588. The highest BCUT2D eigenvalue weighted by Gasteiger charge is 2.11. The van der Waals surface area contributed by atoms with Crippen molar-refractivity contribution in [3.63, 3.8) is 0 Å². The Morgan fingerprint density at radius 3 is 2.32 bits per heavy atom. The molecule has 0 aliphatic carbocycles. The van der Waals surface area contributed by atoms with Gasteiger partial charge in [-0.2, -0.15) is 0 Å². The lowest BCUT2D eigenvalue weighted by Gasteiger charge is -2.15. The molecule has 0 amide bonds. The molecule has 19 heavy (non-hydrogen) atoms. The lowest BCUT2D eigenvalue weighted by Crippen LogP contribution is -1.96. The van der Waals surface area contributed by atoms with Crippen molar-refractivity contribution in [3.8, 4) is 0 Å². The summed E-state index contributed by atoms with van der Waals surface area (Å²) in [7, 11) is 0. The average Bonchev–Trinajstić information content (AvgIpc) is 2.37. The van der Waals surface area contributed by atoms with Crippen LogP contribution in [0.3, 0.4) is 0 Å². The molecule has 1 aromatic rings. The van der Waals surface area contributed by atoms with Gasteiger partial charge < -0.3 is 0 Å². The number of unbranched alkanes of at least 4 members (excludes halogenated alkanes) is 5. The van der Waals surface area contributed by atoms with Gasteiger partial charge in [0.2, 0.25) is 0 Å². The first-order valence-corrected chi connectivity index (χ1v) is 8.76. The zero-order chi connectivity index (χ0) is 14.3. The van der Waals surface area contributed by atoms with E-state index in [0.29, 0.717) is 4.83 Å². The molecule has 2 heteroatoms. The molecule has 0 aliphatic heterocycles. The van der Waals surface area contributed by atoms with Gasteiger partial charge in [-0.3, -0.25) is 0 Å². The normalized spacial score (nSPS) is 12.7. The lowest BCUT2D eigenvalue weighted by atomic mass is 9.99. The van der Waals surface area contributed by atoms with Crippen molar-refractivity contribution in [1.29, 1.82) is 0 Å². The monoisotopic (exact) mass is 344 g/mol. The number of rotatable bonds is 8. The Morgan fingerprint density at radius 1 is 1.00 bits per heavy atom. The van der Waals surface area contributed by atoms with Gasteiger partial charge in [0, 0.05) is 9.85 Å². The summed E-state index contributed by atoms with van der Waals surface area (Å²) < 4.78 is 0. The molecule has 0 heterocycles. The third-order valence-corrected chi connectivity index (χ3v) is 5.05. The maximum Gasteiger partial charge on any atom is 0.0438 e. The van der Waals surface area contributed by atoms with Crippen LogP contribution in [0.2, 0.25) is 5.02 Å². The largest absolute Gasteiger partial charge is 0.0840 e. The number of aryl methyl sites for hydroxylation is 2. The van der Waals surface area contributed by atoms with E-state index < -0.39 is 0 Å². The van der Waals surface area contributed by atoms with E-state index in [1.54, 1.807) is 0 Å². The molecule has 0 N–H and O–H groups in total. The fraction of sp³-hybridized carbons (Fsp3) is 0.647. The summed E-state index contributed by atoms with van der Waals surface area (Å²) >= 11 is 9.99. The zero-order valence-corrected chi connectivity index (χ0v) is 14.8. The van der Waals surface area contributed by atoms with Crippen molar-refractivity contribution in [1.82, 2.24) is 0 Å². The van der Waals surface area contributed by atoms with Crippen LogP contribution in [0.25, 0.3) is 0 Å².